The van der Waals surface area contributed by atoms with Crippen LogP contribution < -0.4 is 5.45 Å². The summed E-state index contributed by atoms with van der Waals surface area (Å²) in [5.74, 6) is 2.27. The number of rotatable bonds is 18. The maximum atomic E-state index is 14.3. The van der Waals surface area contributed by atoms with Crippen molar-refractivity contribution in [1.82, 2.24) is 59.1 Å². The van der Waals surface area contributed by atoms with Crippen molar-refractivity contribution < 1.29 is 93.6 Å². The monoisotopic (exact) mass is 2590 g/mol. The predicted molar refractivity (Wildman–Crippen MR) is 549 cm³/mol. The third kappa shape index (κ3) is 22.7. The molecule has 0 fully saturated rings. The molecule has 0 saturated carbocycles. The summed E-state index contributed by atoms with van der Waals surface area (Å²) in [4.78, 5) is 14.2. The van der Waals surface area contributed by atoms with Gasteiger partial charge in [-0.2, -0.15) is 62.9 Å². The van der Waals surface area contributed by atoms with E-state index in [4.69, 9.17) is 31.4 Å². The summed E-state index contributed by atoms with van der Waals surface area (Å²) >= 11 is 0. The summed E-state index contributed by atoms with van der Waals surface area (Å²) in [6.45, 7) is 38.5. The minimum absolute atomic E-state index is 0. The molecule has 21 aromatic rings. The fraction of sp³-hybridized carbons (Fsp3) is 0.0420. The smallest absolute Gasteiger partial charge is 0.323 e. The molecule has 24 heteroatoms. The number of aromatic nitrogens is 12. The molecule has 702 valence electrons. The Morgan fingerprint density at radius 3 is 0.734 bits per heavy atom. The molecule has 16 nitrogen and oxygen atoms in total. The van der Waals surface area contributed by atoms with Crippen LogP contribution in [-0.4, -0.2) is 67.1 Å². The van der Waals surface area contributed by atoms with Crippen molar-refractivity contribution in [2.45, 2.75) is 32.7 Å². The molecular formula is C119H81F3Ir4N16Si-4. The van der Waals surface area contributed by atoms with Crippen molar-refractivity contribution in [2.75, 3.05) is 0 Å². The zero-order valence-electron chi connectivity index (χ0n) is 77.0. The fourth-order valence-electron chi connectivity index (χ4n) is 16.8. The molecule has 4 aromatic heterocycles. The van der Waals surface area contributed by atoms with Gasteiger partial charge in [0.05, 0.1) is 72.3 Å². The largest absolute Gasteiger partial charge is 0.451 e. The van der Waals surface area contributed by atoms with E-state index in [9.17, 15) is 13.2 Å². The third-order valence-corrected chi connectivity index (χ3v) is 24.8. The van der Waals surface area contributed by atoms with Crippen LogP contribution in [0.4, 0.5) is 35.9 Å². The molecule has 0 aliphatic heterocycles. The molecule has 4 radical (unpaired) electrons. The zero-order chi connectivity index (χ0) is 95.8. The molecule has 143 heavy (non-hydrogen) atoms. The van der Waals surface area contributed by atoms with Gasteiger partial charge in [-0.05, 0) is 51.4 Å². The standard InChI is InChI=1S/C33H21N4.C30H25N4Si.C28H16F3N4.C28H19N4.4Ir/c1-34-28-20-11-19-27(23-28)33-36-35-32(26-17-9-4-10-18-26)37(33)31-29(24-13-5-2-6-14-24)21-12-22-30(31)25-15-7-3-8-16-25;1-31-25-18-11-17-24(21-25)29-32-33-30(35(2,3)4)34(29)28-26(22-13-7-5-8-14-22)19-12-20-27(28)23-15-9-6-10-16-23;1-32-22-15-8-14-21(18-22)26-33-34-27(28(29,30)31)35(26)25-23(19-10-4-2-5-11-19)16-9-17-24(25)20-12-6-3-7-13-20;1-20-30-31-28(23-15-9-16-24(19-23)29-2)32(20)27-25(21-11-5-3-6-12-21)17-10-18-26(27)22-13-7-4-8-14-22;;;;/h2-18,20-23H;5-16,18-21H,2-4H3;2-13,15-18H;3-14,16-19H,1H3;;;;/q4*-1;;;;. The molecule has 0 atom stereocenters. The van der Waals surface area contributed by atoms with Crippen molar-refractivity contribution in [3.8, 4) is 169 Å². The van der Waals surface area contributed by atoms with Crippen LogP contribution in [0.3, 0.4) is 0 Å². The van der Waals surface area contributed by atoms with E-state index >= 15 is 0 Å². The summed E-state index contributed by atoms with van der Waals surface area (Å²) < 4.78 is 50.3. The molecule has 4 heterocycles. The second-order valence-electron chi connectivity index (χ2n) is 33.1. The van der Waals surface area contributed by atoms with Crippen LogP contribution >= 0.6 is 0 Å². The maximum Gasteiger partial charge on any atom is 0.451 e. The molecule has 0 amide bonds. The van der Waals surface area contributed by atoms with Gasteiger partial charge >= 0.3 is 6.18 Å². The topological polar surface area (TPSA) is 140 Å². The Morgan fingerprint density at radius 1 is 0.245 bits per heavy atom. The molecule has 0 aliphatic rings. The van der Waals surface area contributed by atoms with E-state index in [1.807, 2.05) is 201 Å². The van der Waals surface area contributed by atoms with E-state index in [2.05, 4.69) is 264 Å². The van der Waals surface area contributed by atoms with E-state index in [1.165, 1.54) is 18.2 Å². The molecular weight excluding hydrogens is 2510 g/mol. The van der Waals surface area contributed by atoms with Crippen LogP contribution in [0.15, 0.2) is 419 Å². The number of halogens is 3. The second-order valence-corrected chi connectivity index (χ2v) is 38.0. The number of hydrogen-bond acceptors (Lipinski definition) is 8. The Hall–Kier alpha value is -16.1. The molecule has 17 aromatic carbocycles. The molecule has 0 spiro atoms. The van der Waals surface area contributed by atoms with Gasteiger partial charge in [-0.15, -0.1) is 110 Å². The molecule has 0 unspecified atom stereocenters. The Kier molecular flexibility index (Phi) is 33.9. The number of nitrogens with zero attached hydrogens (tertiary/aromatic N) is 16. The van der Waals surface area contributed by atoms with Crippen molar-refractivity contribution in [3.63, 3.8) is 0 Å². The summed E-state index contributed by atoms with van der Waals surface area (Å²) in [6, 6.07) is 148. The second kappa shape index (κ2) is 47.2. The number of benzene rings is 17. The molecule has 21 rings (SSSR count). The third-order valence-electron chi connectivity index (χ3n) is 23.1. The summed E-state index contributed by atoms with van der Waals surface area (Å²) in [7, 11) is -1.93. The van der Waals surface area contributed by atoms with Crippen LogP contribution in [0.1, 0.15) is 11.6 Å². The minimum Gasteiger partial charge on any atom is -0.323 e. The van der Waals surface area contributed by atoms with Gasteiger partial charge in [0.2, 0.25) is 5.82 Å². The molecule has 0 aliphatic carbocycles. The Labute approximate surface area is 882 Å². The fourth-order valence-corrected chi connectivity index (χ4v) is 18.1. The van der Waals surface area contributed by atoms with Crippen LogP contribution in [0.2, 0.25) is 19.6 Å². The van der Waals surface area contributed by atoms with Gasteiger partial charge in [0.15, 0.2) is 5.82 Å². The van der Waals surface area contributed by atoms with Gasteiger partial charge in [0, 0.05) is 130 Å². The SMILES string of the molecule is [C-]#[N+]c1cc[c-]c(-c2nnc(-c3ccccc3)n2-c2c(-c3ccccc3)cccc2-c2ccccc2)c1.[C-]#[N+]c1cc[c-]c(-c2nnc(C(F)(F)F)n2-c2c(-c3ccccc3)cccc2-c2ccccc2)c1.[C-]#[N+]c1cc[c-]c(-c2nnc(C)n2-c2c(-c3ccccc3)cccc2-c2ccccc2)c1.[C-]#[N+]c1cc[c-]c(-c2nnc([Si](C)(C)C)n2-c2c(-c3ccccc3)cccc2-c2ccccc2)c1.[Ir].[Ir].[Ir].[Ir]. The first-order valence-corrected chi connectivity index (χ1v) is 48.0. The normalized spacial score (nSPS) is 10.7. The van der Waals surface area contributed by atoms with Crippen molar-refractivity contribution in [2.24, 2.45) is 0 Å². The van der Waals surface area contributed by atoms with Gasteiger partial charge in [0.25, 0.3) is 0 Å². The van der Waals surface area contributed by atoms with Crippen LogP contribution in [0, 0.1) is 57.5 Å². The molecule has 0 bridgehead atoms. The van der Waals surface area contributed by atoms with E-state index in [0.29, 0.717) is 56.9 Å². The summed E-state index contributed by atoms with van der Waals surface area (Å²) in [5.41, 5.74) is 25.4. The van der Waals surface area contributed by atoms with E-state index in [-0.39, 0.29) is 97.5 Å². The average molecular weight is 2590 g/mol. The van der Waals surface area contributed by atoms with Crippen molar-refractivity contribution in [3.05, 3.63) is 500 Å². The van der Waals surface area contributed by atoms with Crippen LogP contribution in [0.5, 0.6) is 0 Å². The van der Waals surface area contributed by atoms with Crippen molar-refractivity contribution >= 4 is 36.3 Å². The quantitative estimate of drug-likeness (QED) is 0.0611. The van der Waals surface area contributed by atoms with Gasteiger partial charge in [-0.25, -0.2) is 0 Å². The van der Waals surface area contributed by atoms with E-state index in [0.717, 1.165) is 133 Å². The average Bonchev–Trinajstić information content (AvgIpc) is 1.65. The number of hydrogen-bond donors (Lipinski definition) is 0. The van der Waals surface area contributed by atoms with E-state index in [1.54, 1.807) is 54.6 Å². The Bertz CT molecular complexity index is 7680. The van der Waals surface area contributed by atoms with Gasteiger partial charge in [-0.3, -0.25) is 19.4 Å². The first-order chi connectivity index (χ1) is 68.0. The van der Waals surface area contributed by atoms with Gasteiger partial charge in [0.1, 0.15) is 42.1 Å². The van der Waals surface area contributed by atoms with Gasteiger partial charge < -0.3 is 18.3 Å². The van der Waals surface area contributed by atoms with Crippen LogP contribution in [0.25, 0.3) is 188 Å². The summed E-state index contributed by atoms with van der Waals surface area (Å²) in [6.07, 6.45) is -4.78. The maximum absolute atomic E-state index is 14.3. The first-order valence-electron chi connectivity index (χ1n) is 44.5. The van der Waals surface area contributed by atoms with Crippen LogP contribution in [-0.2, 0) is 86.6 Å². The Morgan fingerprint density at radius 2 is 0.462 bits per heavy atom. The Balaban J connectivity index is 0.000000150. The minimum atomic E-state index is -4.78. The number of aryl methyl sites for hydroxylation is 1. The van der Waals surface area contributed by atoms with Crippen molar-refractivity contribution in [1.29, 1.82) is 0 Å². The number of alkyl halides is 3. The first kappa shape index (κ1) is 103. The predicted octanol–water partition coefficient (Wildman–Crippen LogP) is 30.0. The molecule has 0 N–H and O–H groups in total. The zero-order valence-corrected chi connectivity index (χ0v) is 87.5. The summed E-state index contributed by atoms with van der Waals surface area (Å²) in [5, 5.41) is 35.2. The van der Waals surface area contributed by atoms with Gasteiger partial charge in [-0.1, -0.05) is 365 Å². The number of para-hydroxylation sites is 4. The molecule has 0 saturated heterocycles. The van der Waals surface area contributed by atoms with E-state index < -0.39 is 20.1 Å².